The van der Waals surface area contributed by atoms with E-state index in [1.807, 2.05) is 30.3 Å². The van der Waals surface area contributed by atoms with Gasteiger partial charge in [0.15, 0.2) is 0 Å². The van der Waals surface area contributed by atoms with Gasteiger partial charge in [-0.3, -0.25) is 4.79 Å². The lowest BCUT2D eigenvalue weighted by atomic mass is 9.43. The zero-order valence-corrected chi connectivity index (χ0v) is 20.3. The molecule has 3 saturated carbocycles. The van der Waals surface area contributed by atoms with Gasteiger partial charge in [-0.25, -0.2) is 0 Å². The SMILES string of the molecule is CC(C)C[C@H](NC(=O)[C@@H](N)Cc1ccccc1)B1O[C@@H]2C[C@@H]3C[C@@H](C3(C)C)[C@]2(C)O1.Cl. The molecule has 172 valence electrons. The Hall–Kier alpha value is -1.08. The fraction of sp³-hybridized carbons (Fsp3) is 0.708. The number of benzene rings is 1. The first-order chi connectivity index (χ1) is 14.1. The highest BCUT2D eigenvalue weighted by Crippen LogP contribution is 2.65. The van der Waals surface area contributed by atoms with Crippen molar-refractivity contribution in [2.45, 2.75) is 84.0 Å². The van der Waals surface area contributed by atoms with Crippen LogP contribution in [0.15, 0.2) is 30.3 Å². The van der Waals surface area contributed by atoms with Crippen LogP contribution in [0.4, 0.5) is 0 Å². The first-order valence-electron chi connectivity index (χ1n) is 11.5. The van der Waals surface area contributed by atoms with Gasteiger partial charge in [0.2, 0.25) is 5.91 Å². The molecular weight excluding hydrogens is 411 g/mol. The molecule has 6 atom stereocenters. The number of hydrogen-bond acceptors (Lipinski definition) is 4. The summed E-state index contributed by atoms with van der Waals surface area (Å²) in [7, 11) is -0.412. The van der Waals surface area contributed by atoms with E-state index < -0.39 is 13.2 Å². The molecule has 4 fully saturated rings. The van der Waals surface area contributed by atoms with E-state index in [-0.39, 0.29) is 36.0 Å². The lowest BCUT2D eigenvalue weighted by molar-refractivity contribution is -0.199. The van der Waals surface area contributed by atoms with Gasteiger partial charge >= 0.3 is 7.12 Å². The van der Waals surface area contributed by atoms with Gasteiger partial charge in [-0.1, -0.05) is 58.0 Å². The number of halogens is 1. The van der Waals surface area contributed by atoms with Crippen molar-refractivity contribution in [2.75, 3.05) is 0 Å². The Morgan fingerprint density at radius 3 is 2.52 bits per heavy atom. The zero-order chi connectivity index (χ0) is 21.7. The summed E-state index contributed by atoms with van der Waals surface area (Å²) in [6, 6.07) is 9.32. The van der Waals surface area contributed by atoms with E-state index >= 15 is 0 Å². The largest absolute Gasteiger partial charge is 0.481 e. The first kappa shape index (κ1) is 24.6. The maximum Gasteiger partial charge on any atom is 0.481 e. The Balaban J connectivity index is 0.00000272. The van der Waals surface area contributed by atoms with Gasteiger partial charge in [0.25, 0.3) is 0 Å². The molecule has 1 aliphatic heterocycles. The Morgan fingerprint density at radius 1 is 1.23 bits per heavy atom. The lowest BCUT2D eigenvalue weighted by Crippen LogP contribution is -2.65. The van der Waals surface area contributed by atoms with Crippen LogP contribution >= 0.6 is 12.4 Å². The molecule has 4 aliphatic rings. The van der Waals surface area contributed by atoms with Gasteiger partial charge in [-0.05, 0) is 61.3 Å². The monoisotopic (exact) mass is 448 g/mol. The van der Waals surface area contributed by atoms with Crippen LogP contribution in [-0.4, -0.2) is 36.7 Å². The van der Waals surface area contributed by atoms with Crippen LogP contribution in [0.1, 0.15) is 59.4 Å². The molecule has 0 unspecified atom stereocenters. The highest BCUT2D eigenvalue weighted by Gasteiger charge is 2.68. The van der Waals surface area contributed by atoms with Gasteiger partial charge in [0.05, 0.1) is 23.7 Å². The Kier molecular flexibility index (Phi) is 7.17. The second-order valence-corrected chi connectivity index (χ2v) is 10.9. The molecule has 0 spiro atoms. The summed E-state index contributed by atoms with van der Waals surface area (Å²) in [5.74, 6) is 1.30. The van der Waals surface area contributed by atoms with Gasteiger partial charge in [-0.15, -0.1) is 12.4 Å². The summed E-state index contributed by atoms with van der Waals surface area (Å²) < 4.78 is 13.1. The minimum Gasteiger partial charge on any atom is -0.404 e. The molecule has 0 radical (unpaired) electrons. The normalized spacial score (nSPS) is 32.5. The van der Waals surface area contributed by atoms with Crippen molar-refractivity contribution in [3.05, 3.63) is 35.9 Å². The molecule has 0 aromatic heterocycles. The van der Waals surface area contributed by atoms with Crippen LogP contribution in [-0.2, 0) is 20.5 Å². The first-order valence-corrected chi connectivity index (χ1v) is 11.5. The van der Waals surface area contributed by atoms with Crippen molar-refractivity contribution in [1.82, 2.24) is 5.32 Å². The van der Waals surface area contributed by atoms with Crippen molar-refractivity contribution in [1.29, 1.82) is 0 Å². The predicted molar refractivity (Wildman–Crippen MR) is 127 cm³/mol. The molecule has 7 heteroatoms. The van der Waals surface area contributed by atoms with Crippen molar-refractivity contribution < 1.29 is 14.1 Å². The van der Waals surface area contributed by atoms with E-state index in [0.717, 1.165) is 18.4 Å². The van der Waals surface area contributed by atoms with Gasteiger partial charge in [-0.2, -0.15) is 0 Å². The number of carbonyl (C=O) groups is 1. The van der Waals surface area contributed by atoms with Crippen LogP contribution in [0.25, 0.3) is 0 Å². The number of nitrogens with two attached hydrogens (primary N) is 1. The Bertz CT molecular complexity index is 777. The number of hydrogen-bond donors (Lipinski definition) is 2. The molecule has 2 bridgehead atoms. The van der Waals surface area contributed by atoms with E-state index in [9.17, 15) is 4.79 Å². The number of amides is 1. The molecule has 1 amide bonds. The Morgan fingerprint density at radius 2 is 1.90 bits per heavy atom. The van der Waals surface area contributed by atoms with E-state index in [0.29, 0.717) is 29.6 Å². The molecule has 3 N–H and O–H groups in total. The average molecular weight is 449 g/mol. The van der Waals surface area contributed by atoms with Crippen LogP contribution in [0, 0.1) is 23.2 Å². The van der Waals surface area contributed by atoms with Crippen LogP contribution < -0.4 is 11.1 Å². The van der Waals surface area contributed by atoms with Gasteiger partial charge < -0.3 is 20.4 Å². The fourth-order valence-electron chi connectivity index (χ4n) is 6.07. The molecule has 1 aromatic rings. The topological polar surface area (TPSA) is 73.6 Å². The molecule has 1 saturated heterocycles. The van der Waals surface area contributed by atoms with E-state index in [1.54, 1.807) is 0 Å². The highest BCUT2D eigenvalue weighted by molar-refractivity contribution is 6.47. The number of carbonyl (C=O) groups excluding carboxylic acids is 1. The zero-order valence-electron chi connectivity index (χ0n) is 19.5. The van der Waals surface area contributed by atoms with Crippen LogP contribution in [0.5, 0.6) is 0 Å². The summed E-state index contributed by atoms with van der Waals surface area (Å²) >= 11 is 0. The smallest absolute Gasteiger partial charge is 0.404 e. The van der Waals surface area contributed by atoms with Crippen LogP contribution in [0.2, 0.25) is 0 Å². The molecular formula is C24H38BClN2O3. The van der Waals surface area contributed by atoms with E-state index in [4.69, 9.17) is 15.0 Å². The van der Waals surface area contributed by atoms with Crippen molar-refractivity contribution in [3.8, 4) is 0 Å². The number of rotatable bonds is 7. The van der Waals surface area contributed by atoms with Crippen molar-refractivity contribution in [2.24, 2.45) is 28.9 Å². The maximum atomic E-state index is 12.9. The standard InChI is InChI=1S/C24H37BN2O3.ClH/c1-15(2)11-21(27-22(28)18(26)12-16-9-7-6-8-10-16)25-29-20-14-17-13-19(23(17,3)4)24(20,5)30-25;/h6-10,15,17-21H,11-14,26H2,1-5H3,(H,27,28);1H/t17-,18-,19-,20+,21-,24-;/m0./s1. The second kappa shape index (κ2) is 9.05. The summed E-state index contributed by atoms with van der Waals surface area (Å²) in [5, 5.41) is 3.17. The summed E-state index contributed by atoms with van der Waals surface area (Å²) in [6.45, 7) is 11.3. The lowest BCUT2D eigenvalue weighted by Gasteiger charge is -2.64. The molecule has 5 nitrogen and oxygen atoms in total. The van der Waals surface area contributed by atoms with Gasteiger partial charge in [0, 0.05) is 0 Å². The Labute approximate surface area is 193 Å². The molecule has 1 heterocycles. The summed E-state index contributed by atoms with van der Waals surface area (Å²) in [6.07, 6.45) is 3.70. The molecule has 5 rings (SSSR count). The quantitative estimate of drug-likeness (QED) is 0.623. The predicted octanol–water partition coefficient (Wildman–Crippen LogP) is 3.78. The molecule has 1 aromatic carbocycles. The number of nitrogens with one attached hydrogen (secondary N) is 1. The van der Waals surface area contributed by atoms with Gasteiger partial charge in [0.1, 0.15) is 0 Å². The molecule has 31 heavy (non-hydrogen) atoms. The minimum absolute atomic E-state index is 0. The highest BCUT2D eigenvalue weighted by atomic mass is 35.5. The van der Waals surface area contributed by atoms with Crippen molar-refractivity contribution in [3.63, 3.8) is 0 Å². The third kappa shape index (κ3) is 4.54. The molecule has 3 aliphatic carbocycles. The second-order valence-electron chi connectivity index (χ2n) is 10.9. The summed E-state index contributed by atoms with van der Waals surface area (Å²) in [5.41, 5.74) is 7.34. The average Bonchev–Trinajstić information content (AvgIpc) is 3.04. The third-order valence-corrected chi connectivity index (χ3v) is 7.99. The minimum atomic E-state index is -0.590. The van der Waals surface area contributed by atoms with E-state index in [2.05, 4.69) is 39.9 Å². The fourth-order valence-corrected chi connectivity index (χ4v) is 6.07. The van der Waals surface area contributed by atoms with Crippen molar-refractivity contribution >= 4 is 25.4 Å². The van der Waals surface area contributed by atoms with E-state index in [1.165, 1.54) is 6.42 Å². The third-order valence-electron chi connectivity index (χ3n) is 7.99. The summed E-state index contributed by atoms with van der Waals surface area (Å²) in [4.78, 5) is 12.9. The van der Waals surface area contributed by atoms with Crippen LogP contribution in [0.3, 0.4) is 0 Å². The maximum absolute atomic E-state index is 12.9.